The van der Waals surface area contributed by atoms with Crippen molar-refractivity contribution in [3.05, 3.63) is 17.3 Å². The summed E-state index contributed by atoms with van der Waals surface area (Å²) in [5.74, 6) is -0.739. The molecule has 1 heterocycles. The van der Waals surface area contributed by atoms with Gasteiger partial charge in [0, 0.05) is 5.92 Å². The Hall–Kier alpha value is -1.46. The molecule has 1 aliphatic carbocycles. The van der Waals surface area contributed by atoms with Crippen LogP contribution in [0.5, 0.6) is 0 Å². The minimum atomic E-state index is -2.84. The van der Waals surface area contributed by atoms with E-state index in [0.717, 1.165) is 19.3 Å². The van der Waals surface area contributed by atoms with Crippen LogP contribution in [0.25, 0.3) is 0 Å². The Morgan fingerprint density at radius 1 is 1.53 bits per heavy atom. The third-order valence-corrected chi connectivity index (χ3v) is 3.52. The van der Waals surface area contributed by atoms with E-state index in [1.807, 2.05) is 6.92 Å². The highest BCUT2D eigenvalue weighted by Gasteiger charge is 2.34. The smallest absolute Gasteiger partial charge is 0.376 e. The summed E-state index contributed by atoms with van der Waals surface area (Å²) in [7, 11) is 0. The molecular weight excluding hydrogens is 256 g/mol. The number of alkyl halides is 2. The molecule has 0 saturated heterocycles. The van der Waals surface area contributed by atoms with Crippen molar-refractivity contribution in [2.45, 2.75) is 45.5 Å². The molecule has 4 nitrogen and oxygen atoms in total. The van der Waals surface area contributed by atoms with Crippen molar-refractivity contribution in [3.8, 4) is 0 Å². The van der Waals surface area contributed by atoms with Gasteiger partial charge >= 0.3 is 5.97 Å². The number of ether oxygens (including phenoxy) is 1. The SMILES string of the molecule is CCOC(=O)c1oc(C2CCCC2C)nc1C(F)F. The maximum absolute atomic E-state index is 12.9. The van der Waals surface area contributed by atoms with E-state index in [1.54, 1.807) is 6.92 Å². The van der Waals surface area contributed by atoms with Crippen LogP contribution >= 0.6 is 0 Å². The van der Waals surface area contributed by atoms with Crippen molar-refractivity contribution in [2.75, 3.05) is 6.61 Å². The highest BCUT2D eigenvalue weighted by atomic mass is 19.3. The number of halogens is 2. The lowest BCUT2D eigenvalue weighted by molar-refractivity contribution is 0.0473. The molecule has 2 unspecified atom stereocenters. The number of oxazole rings is 1. The van der Waals surface area contributed by atoms with Crippen LogP contribution in [0.15, 0.2) is 4.42 Å². The van der Waals surface area contributed by atoms with Crippen LogP contribution in [0.3, 0.4) is 0 Å². The zero-order valence-corrected chi connectivity index (χ0v) is 11.0. The molecule has 6 heteroatoms. The summed E-state index contributed by atoms with van der Waals surface area (Å²) in [5, 5.41) is 0. The van der Waals surface area contributed by atoms with Gasteiger partial charge < -0.3 is 9.15 Å². The maximum atomic E-state index is 12.9. The van der Waals surface area contributed by atoms with Crippen LogP contribution in [-0.2, 0) is 4.74 Å². The minimum Gasteiger partial charge on any atom is -0.460 e. The Morgan fingerprint density at radius 3 is 2.79 bits per heavy atom. The van der Waals surface area contributed by atoms with Gasteiger partial charge in [0.05, 0.1) is 6.61 Å². The molecule has 0 amide bonds. The maximum Gasteiger partial charge on any atom is 0.376 e. The highest BCUT2D eigenvalue weighted by molar-refractivity contribution is 5.87. The van der Waals surface area contributed by atoms with Gasteiger partial charge in [-0.1, -0.05) is 13.3 Å². The first kappa shape index (κ1) is 14.0. The fourth-order valence-corrected chi connectivity index (χ4v) is 2.51. The van der Waals surface area contributed by atoms with Crippen LogP contribution in [0.2, 0.25) is 0 Å². The largest absolute Gasteiger partial charge is 0.460 e. The Kier molecular flexibility index (Phi) is 4.17. The summed E-state index contributed by atoms with van der Waals surface area (Å²) >= 11 is 0. The van der Waals surface area contributed by atoms with E-state index in [-0.39, 0.29) is 18.4 Å². The molecular formula is C13H17F2NO3. The second-order valence-corrected chi connectivity index (χ2v) is 4.80. The summed E-state index contributed by atoms with van der Waals surface area (Å²) < 4.78 is 35.8. The van der Waals surface area contributed by atoms with Crippen LogP contribution in [0, 0.1) is 5.92 Å². The monoisotopic (exact) mass is 273 g/mol. The quantitative estimate of drug-likeness (QED) is 0.785. The van der Waals surface area contributed by atoms with Crippen molar-refractivity contribution >= 4 is 5.97 Å². The van der Waals surface area contributed by atoms with Gasteiger partial charge in [0.15, 0.2) is 11.6 Å². The van der Waals surface area contributed by atoms with E-state index in [2.05, 4.69) is 4.98 Å². The van der Waals surface area contributed by atoms with Gasteiger partial charge in [-0.2, -0.15) is 0 Å². The molecule has 106 valence electrons. The van der Waals surface area contributed by atoms with Crippen molar-refractivity contribution in [1.82, 2.24) is 4.98 Å². The first-order valence-corrected chi connectivity index (χ1v) is 6.50. The van der Waals surface area contributed by atoms with Crippen molar-refractivity contribution in [1.29, 1.82) is 0 Å². The van der Waals surface area contributed by atoms with Gasteiger partial charge in [0.1, 0.15) is 0 Å². The average Bonchev–Trinajstić information content (AvgIpc) is 2.94. The number of aromatic nitrogens is 1. The molecule has 1 aromatic heterocycles. The summed E-state index contributed by atoms with van der Waals surface area (Å²) in [4.78, 5) is 15.4. The minimum absolute atomic E-state index is 0.0145. The number of nitrogens with zero attached hydrogens (tertiary/aromatic N) is 1. The molecule has 2 rings (SSSR count). The molecule has 1 saturated carbocycles. The predicted molar refractivity (Wildman–Crippen MR) is 63.2 cm³/mol. The molecule has 0 bridgehead atoms. The molecule has 1 aliphatic rings. The van der Waals surface area contributed by atoms with E-state index >= 15 is 0 Å². The van der Waals surface area contributed by atoms with Gasteiger partial charge in [0.25, 0.3) is 6.43 Å². The third kappa shape index (κ3) is 2.77. The fraction of sp³-hybridized carbons (Fsp3) is 0.692. The molecule has 0 radical (unpaired) electrons. The Labute approximate surface area is 110 Å². The summed E-state index contributed by atoms with van der Waals surface area (Å²) in [5.41, 5.74) is -0.604. The number of rotatable bonds is 4. The number of hydrogen-bond acceptors (Lipinski definition) is 4. The second-order valence-electron chi connectivity index (χ2n) is 4.80. The molecule has 1 fully saturated rings. The average molecular weight is 273 g/mol. The van der Waals surface area contributed by atoms with Crippen LogP contribution in [0.4, 0.5) is 8.78 Å². The Bertz CT molecular complexity index is 459. The van der Waals surface area contributed by atoms with Gasteiger partial charge in [-0.05, 0) is 25.7 Å². The zero-order valence-electron chi connectivity index (χ0n) is 11.0. The van der Waals surface area contributed by atoms with Gasteiger partial charge in [-0.15, -0.1) is 0 Å². The highest BCUT2D eigenvalue weighted by Crippen LogP contribution is 2.40. The molecule has 2 atom stereocenters. The molecule has 0 aliphatic heterocycles. The lowest BCUT2D eigenvalue weighted by Crippen LogP contribution is -2.06. The molecule has 0 spiro atoms. The zero-order chi connectivity index (χ0) is 14.0. The van der Waals surface area contributed by atoms with Crippen molar-refractivity contribution < 1.29 is 22.7 Å². The molecule has 0 N–H and O–H groups in total. The first-order valence-electron chi connectivity index (χ1n) is 6.50. The lowest BCUT2D eigenvalue weighted by Gasteiger charge is -2.09. The summed E-state index contributed by atoms with van der Waals surface area (Å²) in [6, 6.07) is 0. The van der Waals surface area contributed by atoms with E-state index in [9.17, 15) is 13.6 Å². The van der Waals surface area contributed by atoms with E-state index in [0.29, 0.717) is 5.92 Å². The number of carbonyl (C=O) groups excluding carboxylic acids is 1. The standard InChI is InChI=1S/C13H17F2NO3/c1-3-18-13(17)10-9(11(14)15)16-12(19-10)8-6-4-5-7(8)2/h7-8,11H,3-6H2,1-2H3. The number of esters is 1. The fourth-order valence-electron chi connectivity index (χ4n) is 2.51. The lowest BCUT2D eigenvalue weighted by atomic mass is 9.98. The summed E-state index contributed by atoms with van der Waals surface area (Å²) in [6.07, 6.45) is 0.0550. The number of carbonyl (C=O) groups is 1. The van der Waals surface area contributed by atoms with Gasteiger partial charge in [-0.25, -0.2) is 18.6 Å². The topological polar surface area (TPSA) is 52.3 Å². The van der Waals surface area contributed by atoms with Crippen LogP contribution in [-0.4, -0.2) is 17.6 Å². The van der Waals surface area contributed by atoms with E-state index in [1.165, 1.54) is 0 Å². The normalized spacial score (nSPS) is 23.0. The second kappa shape index (κ2) is 5.67. The van der Waals surface area contributed by atoms with Crippen molar-refractivity contribution in [3.63, 3.8) is 0 Å². The van der Waals surface area contributed by atoms with E-state index in [4.69, 9.17) is 9.15 Å². The van der Waals surface area contributed by atoms with Crippen molar-refractivity contribution in [2.24, 2.45) is 5.92 Å². The number of hydrogen-bond donors (Lipinski definition) is 0. The molecule has 1 aromatic rings. The summed E-state index contributed by atoms with van der Waals surface area (Å²) in [6.45, 7) is 3.75. The van der Waals surface area contributed by atoms with Gasteiger partial charge in [-0.3, -0.25) is 0 Å². The van der Waals surface area contributed by atoms with E-state index < -0.39 is 23.8 Å². The molecule has 19 heavy (non-hydrogen) atoms. The van der Waals surface area contributed by atoms with Crippen LogP contribution in [0.1, 0.15) is 67.6 Å². The Balaban J connectivity index is 2.32. The Morgan fingerprint density at radius 2 is 2.26 bits per heavy atom. The van der Waals surface area contributed by atoms with Crippen LogP contribution < -0.4 is 0 Å². The first-order chi connectivity index (χ1) is 9.04. The molecule has 0 aromatic carbocycles. The third-order valence-electron chi connectivity index (χ3n) is 3.52. The van der Waals surface area contributed by atoms with Gasteiger partial charge in [0.2, 0.25) is 5.76 Å². The predicted octanol–water partition coefficient (Wildman–Crippen LogP) is 3.69.